The predicted octanol–water partition coefficient (Wildman–Crippen LogP) is 10.6. The van der Waals surface area contributed by atoms with Gasteiger partial charge < -0.3 is 0 Å². The summed E-state index contributed by atoms with van der Waals surface area (Å²) in [5.41, 5.74) is 14.4. The van der Waals surface area contributed by atoms with Crippen LogP contribution >= 0.6 is 20.2 Å². The molecule has 0 aliphatic carbocycles. The molecular weight excluding hydrogens is 613 g/mol. The molecule has 0 fully saturated rings. The van der Waals surface area contributed by atoms with Crippen molar-refractivity contribution in [1.29, 1.82) is 0 Å². The first-order chi connectivity index (χ1) is 20.7. The van der Waals surface area contributed by atoms with Crippen LogP contribution < -0.4 is 0 Å². The molecule has 0 N–H and O–H groups in total. The molecule has 43 heavy (non-hydrogen) atoms. The van der Waals surface area contributed by atoms with Crippen molar-refractivity contribution in [2.24, 2.45) is 9.98 Å². The van der Waals surface area contributed by atoms with Crippen LogP contribution in [0.3, 0.4) is 0 Å². The summed E-state index contributed by atoms with van der Waals surface area (Å²) in [6, 6.07) is 35.5. The Morgan fingerprint density at radius 1 is 0.512 bits per heavy atom. The molecule has 0 radical (unpaired) electrons. The molecule has 0 saturated heterocycles. The fourth-order valence-electron chi connectivity index (χ4n) is 5.35. The Morgan fingerprint density at radius 3 is 1.16 bits per heavy atom. The molecule has 0 unspecified atom stereocenters. The third-order valence-electron chi connectivity index (χ3n) is 7.05. The first-order valence-corrected chi connectivity index (χ1v) is 17.0. The van der Waals surface area contributed by atoms with E-state index >= 15 is 0 Å². The summed E-state index contributed by atoms with van der Waals surface area (Å²) in [6.45, 7) is 12.7. The predicted molar refractivity (Wildman–Crippen MR) is 181 cm³/mol. The van der Waals surface area contributed by atoms with Gasteiger partial charge in [0, 0.05) is 11.1 Å². The van der Waals surface area contributed by atoms with E-state index in [0.717, 1.165) is 67.6 Å². The number of aliphatic imine (C=N–C) groups is 2. The fraction of sp³-hybridized carbons (Fsp3) is 0.162. The summed E-state index contributed by atoms with van der Waals surface area (Å²) in [4.78, 5) is 15.7. The zero-order valence-electron chi connectivity index (χ0n) is 25.3. The molecule has 0 spiro atoms. The summed E-state index contributed by atoms with van der Waals surface area (Å²) in [5.74, 6) is 0. The Hall–Kier alpha value is -3.53. The minimum absolute atomic E-state index is 0.194. The monoisotopic (exact) mass is 647 g/mol. The van der Waals surface area contributed by atoms with Crippen LogP contribution in [0.5, 0.6) is 0 Å². The first-order valence-electron chi connectivity index (χ1n) is 14.0. The van der Waals surface area contributed by atoms with Gasteiger partial charge >= 0.3 is 33.3 Å². The Kier molecular flexibility index (Phi) is 11.5. The molecule has 0 aliphatic heterocycles. The van der Waals surface area contributed by atoms with Gasteiger partial charge in [0.15, 0.2) is 0 Å². The first kappa shape index (κ1) is 32.4. The second-order valence-corrected chi connectivity index (χ2v) is 12.4. The molecule has 1 aromatic heterocycles. The van der Waals surface area contributed by atoms with Crippen molar-refractivity contribution in [3.63, 3.8) is 0 Å². The SMILES string of the molecule is Cc1cc(C)c(N=C(c2ccccc2)c2cccc(C(=Nc3c(C)cc(C)cc3C)c3ccccc3)n2)c(C)c1.[Cl][Fe][Cl]. The van der Waals surface area contributed by atoms with E-state index in [1.54, 1.807) is 0 Å². The average molecular weight is 648 g/mol. The number of hydrogen-bond donors (Lipinski definition) is 0. The summed E-state index contributed by atoms with van der Waals surface area (Å²) < 4.78 is 0. The topological polar surface area (TPSA) is 37.6 Å². The third kappa shape index (κ3) is 8.31. The van der Waals surface area contributed by atoms with Gasteiger partial charge in [-0.2, -0.15) is 0 Å². The minimum atomic E-state index is 0.194. The van der Waals surface area contributed by atoms with Gasteiger partial charge in [0.1, 0.15) is 0 Å². The molecular formula is C37H35Cl2FeN3. The van der Waals surface area contributed by atoms with E-state index in [1.807, 2.05) is 48.5 Å². The summed E-state index contributed by atoms with van der Waals surface area (Å²) in [5, 5.41) is 0. The van der Waals surface area contributed by atoms with E-state index in [-0.39, 0.29) is 13.1 Å². The fourth-order valence-corrected chi connectivity index (χ4v) is 5.35. The van der Waals surface area contributed by atoms with Crippen LogP contribution in [-0.2, 0) is 13.1 Å². The normalized spacial score (nSPS) is 11.7. The molecule has 220 valence electrons. The Bertz CT molecular complexity index is 1590. The molecule has 0 atom stereocenters. The van der Waals surface area contributed by atoms with Crippen molar-refractivity contribution in [2.45, 2.75) is 41.5 Å². The van der Waals surface area contributed by atoms with E-state index in [4.69, 9.17) is 35.2 Å². The van der Waals surface area contributed by atoms with Gasteiger partial charge in [-0.3, -0.25) is 0 Å². The molecule has 0 saturated carbocycles. The van der Waals surface area contributed by atoms with E-state index in [1.165, 1.54) is 11.1 Å². The Labute approximate surface area is 270 Å². The van der Waals surface area contributed by atoms with Crippen LogP contribution in [0.1, 0.15) is 55.9 Å². The van der Waals surface area contributed by atoms with Crippen LogP contribution in [0, 0.1) is 41.5 Å². The number of nitrogens with zero attached hydrogens (tertiary/aromatic N) is 3. The Morgan fingerprint density at radius 2 is 0.837 bits per heavy atom. The molecule has 5 aromatic rings. The van der Waals surface area contributed by atoms with Crippen molar-refractivity contribution in [3.05, 3.63) is 159 Å². The van der Waals surface area contributed by atoms with Gasteiger partial charge in [0.05, 0.1) is 34.2 Å². The van der Waals surface area contributed by atoms with E-state index < -0.39 is 0 Å². The molecule has 0 amide bonds. The van der Waals surface area contributed by atoms with Crippen molar-refractivity contribution in [2.75, 3.05) is 0 Å². The summed E-state index contributed by atoms with van der Waals surface area (Å²) in [7, 11) is 9.53. The van der Waals surface area contributed by atoms with Crippen LogP contribution in [0.15, 0.2) is 113 Å². The van der Waals surface area contributed by atoms with Gasteiger partial charge in [-0.1, -0.05) is 102 Å². The third-order valence-corrected chi connectivity index (χ3v) is 7.05. The molecule has 5 rings (SSSR count). The van der Waals surface area contributed by atoms with Gasteiger partial charge in [-0.15, -0.1) is 0 Å². The van der Waals surface area contributed by atoms with Crippen molar-refractivity contribution >= 4 is 43.0 Å². The Balaban J connectivity index is 0.00000135. The second-order valence-electron chi connectivity index (χ2n) is 10.6. The number of pyridine rings is 1. The molecule has 4 aromatic carbocycles. The number of halogens is 2. The number of hydrogen-bond acceptors (Lipinski definition) is 3. The quantitative estimate of drug-likeness (QED) is 0.133. The van der Waals surface area contributed by atoms with Gasteiger partial charge in [-0.25, -0.2) is 15.0 Å². The molecule has 3 nitrogen and oxygen atoms in total. The standard InChI is InChI=1S/C37H35N3.2ClH.Fe/c1-24-20-26(3)34(27(4)21-24)39-36(30-14-9-7-10-15-30)32-18-13-19-33(38-32)37(31-16-11-8-12-17-31)40-35-28(5)22-25(2)23-29(35)6;;;/h7-23H,1-6H3;2*1H;/q;;;+2/p-2. The molecule has 6 heteroatoms. The van der Waals surface area contributed by atoms with Crippen LogP contribution in [0.25, 0.3) is 0 Å². The van der Waals surface area contributed by atoms with E-state index in [2.05, 4.69) is 96.1 Å². The van der Waals surface area contributed by atoms with Gasteiger partial charge in [0.25, 0.3) is 0 Å². The van der Waals surface area contributed by atoms with Crippen molar-refractivity contribution in [1.82, 2.24) is 4.98 Å². The number of benzene rings is 4. The maximum atomic E-state index is 5.25. The zero-order valence-corrected chi connectivity index (χ0v) is 27.9. The van der Waals surface area contributed by atoms with Crippen molar-refractivity contribution in [3.8, 4) is 0 Å². The van der Waals surface area contributed by atoms with E-state index in [0.29, 0.717) is 0 Å². The number of rotatable bonds is 6. The maximum absolute atomic E-state index is 5.25. The number of aromatic nitrogens is 1. The molecule has 0 aliphatic rings. The van der Waals surface area contributed by atoms with Crippen molar-refractivity contribution < 1.29 is 13.1 Å². The summed E-state index contributed by atoms with van der Waals surface area (Å²) in [6.07, 6.45) is 0. The van der Waals surface area contributed by atoms with Gasteiger partial charge in [-0.05, 0) is 75.9 Å². The molecule has 0 bridgehead atoms. The number of aryl methyl sites for hydroxylation is 6. The van der Waals surface area contributed by atoms with Crippen LogP contribution in [0.4, 0.5) is 11.4 Å². The van der Waals surface area contributed by atoms with E-state index in [9.17, 15) is 0 Å². The van der Waals surface area contributed by atoms with Gasteiger partial charge in [0.2, 0.25) is 0 Å². The average Bonchev–Trinajstić information content (AvgIpc) is 2.98. The summed E-state index contributed by atoms with van der Waals surface area (Å²) >= 11 is 0.194. The van der Waals surface area contributed by atoms with Crippen LogP contribution in [0.2, 0.25) is 0 Å². The zero-order chi connectivity index (χ0) is 30.9. The van der Waals surface area contributed by atoms with Crippen LogP contribution in [-0.4, -0.2) is 16.4 Å². The second kappa shape index (κ2) is 15.3. The molecule has 1 heterocycles.